The Morgan fingerprint density at radius 1 is 1.26 bits per heavy atom. The van der Waals surface area contributed by atoms with Crippen LogP contribution in [0.1, 0.15) is 6.42 Å². The number of rotatable bonds is 7. The largest absolute Gasteiger partial charge is 0.368 e. The first-order valence-electron chi connectivity index (χ1n) is 9.34. The van der Waals surface area contributed by atoms with Crippen molar-refractivity contribution in [3.63, 3.8) is 0 Å². The second-order valence-electron chi connectivity index (χ2n) is 6.81. The highest BCUT2D eigenvalue weighted by atomic mass is 32.2. The molecule has 1 aliphatic heterocycles. The summed E-state index contributed by atoms with van der Waals surface area (Å²) in [5.41, 5.74) is 6.68. The molecule has 1 aromatic carbocycles. The number of anilines is 4. The molecule has 7 N–H and O–H groups in total. The second-order valence-corrected chi connectivity index (χ2v) is 9.19. The molecule has 1 saturated heterocycles. The van der Waals surface area contributed by atoms with E-state index in [1.807, 2.05) is 6.26 Å². The molecular formula is C17H22N10O2S2. The van der Waals surface area contributed by atoms with E-state index in [0.717, 1.165) is 24.4 Å². The van der Waals surface area contributed by atoms with Crippen molar-refractivity contribution >= 4 is 45.2 Å². The summed E-state index contributed by atoms with van der Waals surface area (Å²) in [7, 11) is -3.76. The third-order valence-electron chi connectivity index (χ3n) is 4.66. The predicted octanol–water partition coefficient (Wildman–Crippen LogP) is 0.526. The van der Waals surface area contributed by atoms with Crippen molar-refractivity contribution in [1.29, 1.82) is 0 Å². The van der Waals surface area contributed by atoms with E-state index < -0.39 is 10.0 Å². The van der Waals surface area contributed by atoms with Crippen LogP contribution in [0.2, 0.25) is 0 Å². The molecule has 0 aliphatic carbocycles. The summed E-state index contributed by atoms with van der Waals surface area (Å²) in [5, 5.41) is 19.3. The van der Waals surface area contributed by atoms with Gasteiger partial charge in [0.25, 0.3) is 0 Å². The van der Waals surface area contributed by atoms with Gasteiger partial charge in [-0.1, -0.05) is 0 Å². The Kier molecular flexibility index (Phi) is 5.95. The zero-order valence-electron chi connectivity index (χ0n) is 16.6. The van der Waals surface area contributed by atoms with Gasteiger partial charge in [-0.05, 0) is 43.5 Å². The first-order valence-corrected chi connectivity index (χ1v) is 12.1. The lowest BCUT2D eigenvalue weighted by Gasteiger charge is -2.16. The fourth-order valence-corrected chi connectivity index (χ4v) is 4.31. The van der Waals surface area contributed by atoms with Gasteiger partial charge in [0.05, 0.1) is 9.79 Å². The number of aromatic nitrogens is 5. The van der Waals surface area contributed by atoms with Gasteiger partial charge in [-0.15, -0.1) is 16.9 Å². The summed E-state index contributed by atoms with van der Waals surface area (Å²) >= 11 is 1.48. The van der Waals surface area contributed by atoms with Gasteiger partial charge in [0, 0.05) is 18.3 Å². The van der Waals surface area contributed by atoms with Crippen LogP contribution >= 0.6 is 11.8 Å². The molecule has 0 radical (unpaired) electrons. The van der Waals surface area contributed by atoms with Crippen molar-refractivity contribution in [2.45, 2.75) is 22.3 Å². The Hall–Kier alpha value is -2.94. The number of primary sulfonamides is 1. The molecule has 31 heavy (non-hydrogen) atoms. The zero-order chi connectivity index (χ0) is 22.0. The van der Waals surface area contributed by atoms with Crippen molar-refractivity contribution in [1.82, 2.24) is 30.0 Å². The third kappa shape index (κ3) is 4.71. The lowest BCUT2D eigenvalue weighted by molar-refractivity contribution is 0.598. The van der Waals surface area contributed by atoms with E-state index in [1.54, 1.807) is 12.1 Å². The van der Waals surface area contributed by atoms with Gasteiger partial charge in [0.2, 0.25) is 21.9 Å². The molecule has 0 spiro atoms. The fraction of sp³-hybridized carbons (Fsp3) is 0.294. The highest BCUT2D eigenvalue weighted by Crippen LogP contribution is 2.30. The molecule has 164 valence electrons. The molecule has 0 unspecified atom stereocenters. The van der Waals surface area contributed by atoms with E-state index in [2.05, 4.69) is 36.0 Å². The van der Waals surface area contributed by atoms with E-state index in [0.29, 0.717) is 23.4 Å². The van der Waals surface area contributed by atoms with Crippen LogP contribution in [0.15, 0.2) is 40.4 Å². The SMILES string of the molecule is CSc1c(N[C@H]2CCNC2)ncnc1-n1nc(Nc2ccc(S(N)(=O)=O)cc2)nc1N. The third-order valence-corrected chi connectivity index (χ3v) is 6.38. The van der Waals surface area contributed by atoms with Gasteiger partial charge in [-0.3, -0.25) is 0 Å². The Morgan fingerprint density at radius 2 is 2.03 bits per heavy atom. The molecule has 3 aromatic rings. The fourth-order valence-electron chi connectivity index (χ4n) is 3.17. The summed E-state index contributed by atoms with van der Waals surface area (Å²) in [6.07, 6.45) is 4.40. The van der Waals surface area contributed by atoms with Crippen molar-refractivity contribution in [3.05, 3.63) is 30.6 Å². The summed E-state index contributed by atoms with van der Waals surface area (Å²) in [6.45, 7) is 1.84. The Morgan fingerprint density at radius 3 is 2.68 bits per heavy atom. The number of benzene rings is 1. The van der Waals surface area contributed by atoms with Crippen LogP contribution in [0.4, 0.5) is 23.4 Å². The smallest absolute Gasteiger partial charge is 0.248 e. The van der Waals surface area contributed by atoms with Crippen LogP contribution in [0.3, 0.4) is 0 Å². The normalized spacial score (nSPS) is 16.4. The molecule has 1 aliphatic rings. The maximum absolute atomic E-state index is 11.4. The lowest BCUT2D eigenvalue weighted by Crippen LogP contribution is -2.23. The topological polar surface area (TPSA) is 179 Å². The number of nitrogen functional groups attached to an aromatic ring is 1. The number of nitrogens with one attached hydrogen (secondary N) is 3. The number of nitrogens with two attached hydrogens (primary N) is 2. The molecule has 3 heterocycles. The molecule has 0 amide bonds. The molecule has 1 fully saturated rings. The molecule has 0 saturated carbocycles. The Balaban J connectivity index is 1.60. The van der Waals surface area contributed by atoms with Crippen LogP contribution in [-0.4, -0.2) is 58.5 Å². The highest BCUT2D eigenvalue weighted by Gasteiger charge is 2.21. The van der Waals surface area contributed by atoms with Crippen molar-refractivity contribution in [3.8, 4) is 5.82 Å². The first-order chi connectivity index (χ1) is 14.8. The van der Waals surface area contributed by atoms with E-state index >= 15 is 0 Å². The maximum Gasteiger partial charge on any atom is 0.248 e. The molecule has 0 bridgehead atoms. The first kappa shape index (κ1) is 21.3. The predicted molar refractivity (Wildman–Crippen MR) is 119 cm³/mol. The summed E-state index contributed by atoms with van der Waals surface area (Å²) < 4.78 is 24.2. The summed E-state index contributed by atoms with van der Waals surface area (Å²) in [4.78, 5) is 13.8. The van der Waals surface area contributed by atoms with Crippen LogP contribution in [0, 0.1) is 0 Å². The quantitative estimate of drug-likeness (QED) is 0.309. The maximum atomic E-state index is 11.4. The van der Waals surface area contributed by atoms with Gasteiger partial charge in [0.15, 0.2) is 5.82 Å². The molecule has 4 rings (SSSR count). The van der Waals surface area contributed by atoms with Crippen LogP contribution in [0.25, 0.3) is 5.82 Å². The standard InChI is InChI=1S/C17H22N10O2S2/c1-30-13-14(23-11-6-7-20-8-11)21-9-22-15(13)27-16(18)25-17(26-27)24-10-2-4-12(5-3-10)31(19,28)29/h2-5,9,11,20H,6-8H2,1H3,(H2,19,28,29)(H,21,22,23)(H3,18,24,25,26)/t11-/m0/s1. The van der Waals surface area contributed by atoms with E-state index in [9.17, 15) is 8.42 Å². The van der Waals surface area contributed by atoms with Crippen molar-refractivity contribution in [2.75, 3.05) is 35.7 Å². The van der Waals surface area contributed by atoms with E-state index in [1.165, 1.54) is 34.9 Å². The van der Waals surface area contributed by atoms with Crippen LogP contribution < -0.4 is 26.8 Å². The van der Waals surface area contributed by atoms with Crippen LogP contribution in [0.5, 0.6) is 0 Å². The minimum Gasteiger partial charge on any atom is -0.368 e. The van der Waals surface area contributed by atoms with Crippen molar-refractivity contribution < 1.29 is 8.42 Å². The van der Waals surface area contributed by atoms with Gasteiger partial charge < -0.3 is 21.7 Å². The zero-order valence-corrected chi connectivity index (χ0v) is 18.2. The summed E-state index contributed by atoms with van der Waals surface area (Å²) in [6, 6.07) is 6.20. The summed E-state index contributed by atoms with van der Waals surface area (Å²) in [5.74, 6) is 1.61. The van der Waals surface area contributed by atoms with E-state index in [-0.39, 0.29) is 16.8 Å². The monoisotopic (exact) mass is 462 g/mol. The molecule has 1 atom stereocenters. The number of thioether (sulfide) groups is 1. The van der Waals surface area contributed by atoms with E-state index in [4.69, 9.17) is 10.9 Å². The molecular weight excluding hydrogens is 440 g/mol. The minimum atomic E-state index is -3.76. The lowest BCUT2D eigenvalue weighted by atomic mass is 10.2. The Bertz CT molecular complexity index is 1170. The van der Waals surface area contributed by atoms with Crippen molar-refractivity contribution in [2.24, 2.45) is 5.14 Å². The Labute approximate surface area is 183 Å². The van der Waals surface area contributed by atoms with Gasteiger partial charge in [-0.2, -0.15) is 9.67 Å². The molecule has 14 heteroatoms. The highest BCUT2D eigenvalue weighted by molar-refractivity contribution is 7.98. The second kappa shape index (κ2) is 8.66. The minimum absolute atomic E-state index is 0.0131. The number of hydrogen-bond donors (Lipinski definition) is 5. The number of nitrogens with zero attached hydrogens (tertiary/aromatic N) is 5. The van der Waals surface area contributed by atoms with Crippen LogP contribution in [-0.2, 0) is 10.0 Å². The van der Waals surface area contributed by atoms with Gasteiger partial charge >= 0.3 is 0 Å². The molecule has 2 aromatic heterocycles. The van der Waals surface area contributed by atoms with Gasteiger partial charge in [-0.25, -0.2) is 23.5 Å². The molecule has 12 nitrogen and oxygen atoms in total. The number of sulfonamides is 1. The average molecular weight is 463 g/mol. The average Bonchev–Trinajstić information content (AvgIpc) is 3.37. The number of hydrogen-bond acceptors (Lipinski definition) is 11. The van der Waals surface area contributed by atoms with Gasteiger partial charge in [0.1, 0.15) is 12.1 Å².